The SMILES string of the molecule is C/C(=N/O)C(=O)C1(C)CC1(C)C. The Bertz CT molecular complexity index is 255. The zero-order chi connectivity index (χ0) is 9.57. The highest BCUT2D eigenvalue weighted by Gasteiger charge is 2.62. The second-order valence-electron chi connectivity index (χ2n) is 4.41. The average Bonchev–Trinajstić information content (AvgIpc) is 2.50. The molecule has 68 valence electrons. The van der Waals surface area contributed by atoms with Crippen LogP contribution in [0.3, 0.4) is 0 Å². The van der Waals surface area contributed by atoms with Gasteiger partial charge in [0.1, 0.15) is 5.71 Å². The number of carbonyl (C=O) groups excluding carboxylic acids is 1. The van der Waals surface area contributed by atoms with Gasteiger partial charge in [-0.2, -0.15) is 0 Å². The number of ketones is 1. The summed E-state index contributed by atoms with van der Waals surface area (Å²) in [6.07, 6.45) is 0.881. The summed E-state index contributed by atoms with van der Waals surface area (Å²) in [7, 11) is 0. The van der Waals surface area contributed by atoms with Crippen LogP contribution < -0.4 is 0 Å². The maximum atomic E-state index is 11.6. The van der Waals surface area contributed by atoms with E-state index in [2.05, 4.69) is 19.0 Å². The molecule has 0 aliphatic heterocycles. The molecule has 12 heavy (non-hydrogen) atoms. The summed E-state index contributed by atoms with van der Waals surface area (Å²) in [5.74, 6) is -0.0324. The first kappa shape index (κ1) is 9.23. The van der Waals surface area contributed by atoms with Crippen molar-refractivity contribution in [3.63, 3.8) is 0 Å². The largest absolute Gasteiger partial charge is 0.411 e. The number of hydrogen-bond donors (Lipinski definition) is 1. The van der Waals surface area contributed by atoms with Crippen molar-refractivity contribution in [2.75, 3.05) is 0 Å². The quantitative estimate of drug-likeness (QED) is 0.389. The monoisotopic (exact) mass is 169 g/mol. The van der Waals surface area contributed by atoms with Gasteiger partial charge in [0.05, 0.1) is 0 Å². The standard InChI is InChI=1S/C9H15NO2/c1-6(10-12)7(11)9(4)5-8(9,2)3/h12H,5H2,1-4H3/b10-6-. The van der Waals surface area contributed by atoms with Crippen LogP contribution in [-0.2, 0) is 4.79 Å². The van der Waals surface area contributed by atoms with E-state index in [1.54, 1.807) is 6.92 Å². The maximum Gasteiger partial charge on any atom is 0.186 e. The topological polar surface area (TPSA) is 49.7 Å². The van der Waals surface area contributed by atoms with Crippen LogP contribution in [0.2, 0.25) is 0 Å². The predicted molar refractivity (Wildman–Crippen MR) is 46.4 cm³/mol. The molecule has 0 aromatic rings. The third-order valence-corrected chi connectivity index (χ3v) is 3.14. The maximum absolute atomic E-state index is 11.6. The van der Waals surface area contributed by atoms with Gasteiger partial charge in [-0.05, 0) is 18.8 Å². The van der Waals surface area contributed by atoms with Gasteiger partial charge in [-0.25, -0.2) is 0 Å². The average molecular weight is 169 g/mol. The highest BCUT2D eigenvalue weighted by atomic mass is 16.4. The van der Waals surface area contributed by atoms with Crippen molar-refractivity contribution in [2.24, 2.45) is 16.0 Å². The van der Waals surface area contributed by atoms with Crippen molar-refractivity contribution in [3.05, 3.63) is 0 Å². The van der Waals surface area contributed by atoms with Crippen LogP contribution in [0.15, 0.2) is 5.16 Å². The van der Waals surface area contributed by atoms with Gasteiger partial charge < -0.3 is 5.21 Å². The van der Waals surface area contributed by atoms with Gasteiger partial charge in [0.15, 0.2) is 5.78 Å². The molecule has 0 saturated heterocycles. The third kappa shape index (κ3) is 1.04. The second-order valence-corrected chi connectivity index (χ2v) is 4.41. The first-order valence-electron chi connectivity index (χ1n) is 4.08. The Morgan fingerprint density at radius 1 is 1.42 bits per heavy atom. The van der Waals surface area contributed by atoms with Crippen molar-refractivity contribution < 1.29 is 10.0 Å². The van der Waals surface area contributed by atoms with Gasteiger partial charge in [0.2, 0.25) is 0 Å². The molecule has 0 amide bonds. The van der Waals surface area contributed by atoms with E-state index in [0.717, 1.165) is 6.42 Å². The van der Waals surface area contributed by atoms with Crippen LogP contribution in [-0.4, -0.2) is 16.7 Å². The molecule has 1 saturated carbocycles. The van der Waals surface area contributed by atoms with Crippen LogP contribution in [0.1, 0.15) is 34.1 Å². The first-order valence-corrected chi connectivity index (χ1v) is 4.08. The van der Waals surface area contributed by atoms with Crippen molar-refractivity contribution in [2.45, 2.75) is 34.1 Å². The Morgan fingerprint density at radius 3 is 2.08 bits per heavy atom. The van der Waals surface area contributed by atoms with Crippen LogP contribution >= 0.6 is 0 Å². The van der Waals surface area contributed by atoms with Crippen LogP contribution in [0.25, 0.3) is 0 Å². The van der Waals surface area contributed by atoms with E-state index in [1.807, 2.05) is 6.92 Å². The number of Topliss-reactive ketones (excluding diaryl/α,β-unsaturated/α-hetero) is 1. The lowest BCUT2D eigenvalue weighted by Gasteiger charge is -2.11. The summed E-state index contributed by atoms with van der Waals surface area (Å²) in [4.78, 5) is 11.6. The molecular formula is C9H15NO2. The molecule has 0 bridgehead atoms. The summed E-state index contributed by atoms with van der Waals surface area (Å²) in [6, 6.07) is 0. The van der Waals surface area contributed by atoms with Crippen LogP contribution in [0, 0.1) is 10.8 Å². The highest BCUT2D eigenvalue weighted by molar-refractivity contribution is 6.41. The molecular weight excluding hydrogens is 154 g/mol. The Morgan fingerprint density at radius 2 is 1.83 bits per heavy atom. The number of oxime groups is 1. The Kier molecular flexibility index (Phi) is 1.78. The minimum Gasteiger partial charge on any atom is -0.411 e. The molecule has 1 rings (SSSR count). The smallest absolute Gasteiger partial charge is 0.186 e. The van der Waals surface area contributed by atoms with Gasteiger partial charge in [-0.15, -0.1) is 0 Å². The molecule has 3 nitrogen and oxygen atoms in total. The van der Waals surface area contributed by atoms with Gasteiger partial charge >= 0.3 is 0 Å². The van der Waals surface area contributed by atoms with E-state index in [-0.39, 0.29) is 22.3 Å². The van der Waals surface area contributed by atoms with E-state index in [4.69, 9.17) is 5.21 Å². The molecule has 1 fully saturated rings. The van der Waals surface area contributed by atoms with E-state index < -0.39 is 0 Å². The molecule has 1 aliphatic rings. The molecule has 0 spiro atoms. The summed E-state index contributed by atoms with van der Waals surface area (Å²) in [6.45, 7) is 7.57. The van der Waals surface area contributed by atoms with Crippen molar-refractivity contribution >= 4 is 11.5 Å². The summed E-state index contributed by atoms with van der Waals surface area (Å²) < 4.78 is 0. The van der Waals surface area contributed by atoms with Gasteiger partial charge in [-0.1, -0.05) is 25.9 Å². The van der Waals surface area contributed by atoms with E-state index in [1.165, 1.54) is 0 Å². The van der Waals surface area contributed by atoms with E-state index >= 15 is 0 Å². The van der Waals surface area contributed by atoms with Crippen molar-refractivity contribution in [1.82, 2.24) is 0 Å². The summed E-state index contributed by atoms with van der Waals surface area (Å²) in [5.41, 5.74) is -0.0256. The van der Waals surface area contributed by atoms with Gasteiger partial charge in [-0.3, -0.25) is 4.79 Å². The number of hydrogen-bond acceptors (Lipinski definition) is 3. The van der Waals surface area contributed by atoms with E-state index in [0.29, 0.717) is 0 Å². The van der Waals surface area contributed by atoms with Gasteiger partial charge in [0, 0.05) is 5.41 Å². The molecule has 1 unspecified atom stereocenters. The molecule has 0 heterocycles. The van der Waals surface area contributed by atoms with Gasteiger partial charge in [0.25, 0.3) is 0 Å². The molecule has 3 heteroatoms. The molecule has 1 aliphatic carbocycles. The fraction of sp³-hybridized carbons (Fsp3) is 0.778. The third-order valence-electron chi connectivity index (χ3n) is 3.14. The predicted octanol–water partition coefficient (Wildman–Crippen LogP) is 1.84. The number of nitrogens with zero attached hydrogens (tertiary/aromatic N) is 1. The Balaban J connectivity index is 2.82. The van der Waals surface area contributed by atoms with Crippen LogP contribution in [0.4, 0.5) is 0 Å². The zero-order valence-electron chi connectivity index (χ0n) is 8.01. The summed E-state index contributed by atoms with van der Waals surface area (Å²) >= 11 is 0. The first-order chi connectivity index (χ1) is 5.35. The Labute approximate surface area is 72.5 Å². The fourth-order valence-corrected chi connectivity index (χ4v) is 1.67. The minimum atomic E-state index is -0.302. The highest BCUT2D eigenvalue weighted by Crippen LogP contribution is 2.63. The van der Waals surface area contributed by atoms with Crippen LogP contribution in [0.5, 0.6) is 0 Å². The second kappa shape index (κ2) is 2.31. The lowest BCUT2D eigenvalue weighted by molar-refractivity contribution is -0.118. The zero-order valence-corrected chi connectivity index (χ0v) is 8.01. The lowest BCUT2D eigenvalue weighted by Crippen LogP contribution is -2.24. The van der Waals surface area contributed by atoms with Crippen molar-refractivity contribution in [1.29, 1.82) is 0 Å². The normalized spacial score (nSPS) is 33.2. The molecule has 0 aromatic carbocycles. The molecule has 1 N–H and O–H groups in total. The molecule has 0 aromatic heterocycles. The fourth-order valence-electron chi connectivity index (χ4n) is 1.67. The van der Waals surface area contributed by atoms with E-state index in [9.17, 15) is 4.79 Å². The Hall–Kier alpha value is -0.860. The summed E-state index contributed by atoms with van der Waals surface area (Å²) in [5, 5.41) is 11.4. The molecule has 1 atom stereocenters. The van der Waals surface area contributed by atoms with Crippen molar-refractivity contribution in [3.8, 4) is 0 Å². The molecule has 0 radical (unpaired) electrons. The number of carbonyl (C=O) groups is 1. The minimum absolute atomic E-state index is 0.0324. The lowest BCUT2D eigenvalue weighted by atomic mass is 9.91. The number of rotatable bonds is 2.